The minimum atomic E-state index is -0.544. The molecule has 0 heterocycles. The lowest BCUT2D eigenvalue weighted by molar-refractivity contribution is -0.139. The van der Waals surface area contributed by atoms with Gasteiger partial charge in [0.1, 0.15) is 0 Å². The molecule has 0 spiro atoms. The highest BCUT2D eigenvalue weighted by Gasteiger charge is 2.12. The van der Waals surface area contributed by atoms with Crippen LogP contribution in [-0.2, 0) is 9.59 Å². The third-order valence-corrected chi connectivity index (χ3v) is 2.49. The van der Waals surface area contributed by atoms with Crippen LogP contribution in [0.4, 0.5) is 0 Å². The molecule has 0 radical (unpaired) electrons. The first-order chi connectivity index (χ1) is 8.01. The van der Waals surface area contributed by atoms with Gasteiger partial charge in [-0.15, -0.1) is 0 Å². The van der Waals surface area contributed by atoms with E-state index in [9.17, 15) is 9.59 Å². The number of likely N-dealkylation sites (N-methyl/N-ethyl adjacent to an activating group) is 1. The number of carbonyl (C=O) groups is 2. The van der Waals surface area contributed by atoms with Crippen molar-refractivity contribution in [2.75, 3.05) is 32.7 Å². The van der Waals surface area contributed by atoms with Crippen LogP contribution in [0.5, 0.6) is 0 Å². The van der Waals surface area contributed by atoms with Crippen molar-refractivity contribution >= 4 is 11.8 Å². The lowest BCUT2D eigenvalue weighted by atomic mass is 10.2. The fourth-order valence-corrected chi connectivity index (χ4v) is 1.32. The molecule has 17 heavy (non-hydrogen) atoms. The summed E-state index contributed by atoms with van der Waals surface area (Å²) in [4.78, 5) is 24.9. The van der Waals surface area contributed by atoms with E-state index in [2.05, 4.69) is 29.4 Å². The molecule has 0 aromatic rings. The number of nitrogens with zero attached hydrogens (tertiary/aromatic N) is 1. The molecule has 0 atom stereocenters. The summed E-state index contributed by atoms with van der Waals surface area (Å²) in [7, 11) is 0. The lowest BCUT2D eigenvalue weighted by Gasteiger charge is -2.17. The van der Waals surface area contributed by atoms with Gasteiger partial charge in [0.25, 0.3) is 0 Å². The fourth-order valence-electron chi connectivity index (χ4n) is 1.32. The Morgan fingerprint density at radius 2 is 1.59 bits per heavy atom. The van der Waals surface area contributed by atoms with Crippen LogP contribution in [0.2, 0.25) is 0 Å². The largest absolute Gasteiger partial charge is 0.348 e. The van der Waals surface area contributed by atoms with Gasteiger partial charge in [-0.2, -0.15) is 0 Å². The number of carbonyl (C=O) groups excluding carboxylic acids is 2. The van der Waals surface area contributed by atoms with E-state index in [0.717, 1.165) is 19.6 Å². The van der Waals surface area contributed by atoms with Gasteiger partial charge in [0.15, 0.2) is 0 Å². The van der Waals surface area contributed by atoms with Gasteiger partial charge in [-0.3, -0.25) is 9.59 Å². The maximum Gasteiger partial charge on any atom is 0.309 e. The molecule has 2 N–H and O–H groups in total. The molecule has 2 amide bonds. The molecule has 5 heteroatoms. The maximum atomic E-state index is 11.4. The minimum absolute atomic E-state index is 0.349. The Balaban J connectivity index is 3.74. The van der Waals surface area contributed by atoms with E-state index in [1.807, 2.05) is 13.8 Å². The second-order valence-electron chi connectivity index (χ2n) is 4.39. The Morgan fingerprint density at radius 1 is 1.06 bits per heavy atom. The van der Waals surface area contributed by atoms with E-state index in [1.165, 1.54) is 0 Å². The average molecular weight is 243 g/mol. The van der Waals surface area contributed by atoms with Crippen LogP contribution < -0.4 is 10.6 Å². The van der Waals surface area contributed by atoms with Crippen LogP contribution >= 0.6 is 0 Å². The van der Waals surface area contributed by atoms with Crippen LogP contribution in [0.25, 0.3) is 0 Å². The predicted octanol–water partition coefficient (Wildman–Crippen LogP) is 0.217. The minimum Gasteiger partial charge on any atom is -0.348 e. The van der Waals surface area contributed by atoms with Crippen LogP contribution in [0.15, 0.2) is 0 Å². The Labute approximate surface area is 104 Å². The molecule has 0 saturated carbocycles. The lowest BCUT2D eigenvalue weighted by Crippen LogP contribution is -2.43. The zero-order valence-electron chi connectivity index (χ0n) is 11.4. The van der Waals surface area contributed by atoms with Crippen molar-refractivity contribution < 1.29 is 9.59 Å². The van der Waals surface area contributed by atoms with Crippen molar-refractivity contribution in [3.63, 3.8) is 0 Å². The Hall–Kier alpha value is -1.10. The summed E-state index contributed by atoms with van der Waals surface area (Å²) in [6.45, 7) is 11.8. The molecule has 0 aliphatic rings. The first kappa shape index (κ1) is 15.9. The normalized spacial score (nSPS) is 10.7. The van der Waals surface area contributed by atoms with E-state index >= 15 is 0 Å². The van der Waals surface area contributed by atoms with Crippen molar-refractivity contribution in [2.24, 2.45) is 5.92 Å². The molecule has 5 nitrogen and oxygen atoms in total. The standard InChI is InChI=1S/C12H25N3O2/c1-5-15(6-2)8-7-13-11(16)12(17)14-9-10(3)4/h10H,5-9H2,1-4H3,(H,13,16)(H,14,17). The van der Waals surface area contributed by atoms with E-state index in [1.54, 1.807) is 0 Å². The fraction of sp³-hybridized carbons (Fsp3) is 0.833. The zero-order chi connectivity index (χ0) is 13.3. The van der Waals surface area contributed by atoms with Crippen molar-refractivity contribution in [3.8, 4) is 0 Å². The Kier molecular flexibility index (Phi) is 8.40. The second kappa shape index (κ2) is 8.98. The molecule has 0 bridgehead atoms. The van der Waals surface area contributed by atoms with Crippen LogP contribution in [-0.4, -0.2) is 49.4 Å². The van der Waals surface area contributed by atoms with Crippen LogP contribution in [0, 0.1) is 5.92 Å². The molecule has 0 rings (SSSR count). The third-order valence-electron chi connectivity index (χ3n) is 2.49. The number of nitrogens with one attached hydrogen (secondary N) is 2. The van der Waals surface area contributed by atoms with E-state index in [0.29, 0.717) is 19.0 Å². The SMILES string of the molecule is CCN(CC)CCNC(=O)C(=O)NCC(C)C. The van der Waals surface area contributed by atoms with Crippen molar-refractivity contribution in [3.05, 3.63) is 0 Å². The molecule has 0 saturated heterocycles. The predicted molar refractivity (Wildman–Crippen MR) is 68.6 cm³/mol. The third kappa shape index (κ3) is 7.74. The van der Waals surface area contributed by atoms with Gasteiger partial charge in [0.05, 0.1) is 0 Å². The second-order valence-corrected chi connectivity index (χ2v) is 4.39. The number of amides is 2. The highest BCUT2D eigenvalue weighted by molar-refractivity contribution is 6.35. The first-order valence-corrected chi connectivity index (χ1v) is 6.29. The summed E-state index contributed by atoms with van der Waals surface area (Å²) in [5.74, 6) is -0.738. The molecule has 0 aliphatic carbocycles. The Bertz CT molecular complexity index is 238. The number of hydrogen-bond donors (Lipinski definition) is 2. The molecule has 100 valence electrons. The van der Waals surface area contributed by atoms with Gasteiger partial charge in [-0.1, -0.05) is 27.7 Å². The highest BCUT2D eigenvalue weighted by atomic mass is 16.2. The molecular weight excluding hydrogens is 218 g/mol. The number of hydrogen-bond acceptors (Lipinski definition) is 3. The quantitative estimate of drug-likeness (QED) is 0.629. The van der Waals surface area contributed by atoms with Crippen LogP contribution in [0.1, 0.15) is 27.7 Å². The van der Waals surface area contributed by atoms with Crippen molar-refractivity contribution in [1.29, 1.82) is 0 Å². The molecule has 0 fully saturated rings. The van der Waals surface area contributed by atoms with E-state index < -0.39 is 11.8 Å². The Morgan fingerprint density at radius 3 is 2.06 bits per heavy atom. The van der Waals surface area contributed by atoms with E-state index in [4.69, 9.17) is 0 Å². The monoisotopic (exact) mass is 243 g/mol. The summed E-state index contributed by atoms with van der Waals surface area (Å²) < 4.78 is 0. The summed E-state index contributed by atoms with van der Waals surface area (Å²) in [5, 5.41) is 5.20. The molecule has 0 aromatic carbocycles. The summed E-state index contributed by atoms with van der Waals surface area (Å²) in [5.41, 5.74) is 0. The topological polar surface area (TPSA) is 61.4 Å². The van der Waals surface area contributed by atoms with Gasteiger partial charge in [-0.25, -0.2) is 0 Å². The van der Waals surface area contributed by atoms with Gasteiger partial charge in [0, 0.05) is 19.6 Å². The summed E-state index contributed by atoms with van der Waals surface area (Å²) >= 11 is 0. The first-order valence-electron chi connectivity index (χ1n) is 6.29. The molecule has 0 aliphatic heterocycles. The summed E-state index contributed by atoms with van der Waals surface area (Å²) in [6, 6.07) is 0. The van der Waals surface area contributed by atoms with Gasteiger partial charge in [0.2, 0.25) is 0 Å². The van der Waals surface area contributed by atoms with Gasteiger partial charge in [-0.05, 0) is 19.0 Å². The zero-order valence-corrected chi connectivity index (χ0v) is 11.4. The number of rotatable bonds is 7. The van der Waals surface area contributed by atoms with Gasteiger partial charge >= 0.3 is 11.8 Å². The maximum absolute atomic E-state index is 11.4. The van der Waals surface area contributed by atoms with Crippen molar-refractivity contribution in [2.45, 2.75) is 27.7 Å². The average Bonchev–Trinajstić information content (AvgIpc) is 2.31. The molecule has 0 aromatic heterocycles. The van der Waals surface area contributed by atoms with Crippen molar-refractivity contribution in [1.82, 2.24) is 15.5 Å². The van der Waals surface area contributed by atoms with E-state index in [-0.39, 0.29) is 0 Å². The smallest absolute Gasteiger partial charge is 0.309 e. The van der Waals surface area contributed by atoms with Gasteiger partial charge < -0.3 is 15.5 Å². The summed E-state index contributed by atoms with van der Waals surface area (Å²) in [6.07, 6.45) is 0. The van der Waals surface area contributed by atoms with Crippen LogP contribution in [0.3, 0.4) is 0 Å². The molecular formula is C12H25N3O2. The molecule has 0 unspecified atom stereocenters. The highest BCUT2D eigenvalue weighted by Crippen LogP contribution is 1.87.